The molecule has 0 fully saturated rings. The van der Waals surface area contributed by atoms with Gasteiger partial charge >= 0.3 is 6.18 Å². The molecular weight excluding hydrogens is 263 g/mol. The fraction of sp³-hybridized carbons (Fsp3) is 0.364. The molecule has 0 saturated heterocycles. The van der Waals surface area contributed by atoms with E-state index in [1.54, 1.807) is 0 Å². The molecule has 106 valence electrons. The highest BCUT2D eigenvalue weighted by atomic mass is 19.4. The van der Waals surface area contributed by atoms with Crippen molar-refractivity contribution in [1.82, 2.24) is 4.90 Å². The molecule has 4 N–H and O–H groups in total. The zero-order valence-electron chi connectivity index (χ0n) is 9.94. The Morgan fingerprint density at radius 3 is 2.32 bits per heavy atom. The Morgan fingerprint density at radius 1 is 1.32 bits per heavy atom. The van der Waals surface area contributed by atoms with Crippen molar-refractivity contribution >= 4 is 11.6 Å². The molecule has 1 aromatic carbocycles. The van der Waals surface area contributed by atoms with Crippen molar-refractivity contribution < 1.29 is 23.1 Å². The number of halogens is 3. The third-order valence-corrected chi connectivity index (χ3v) is 2.33. The first kappa shape index (κ1) is 15.3. The van der Waals surface area contributed by atoms with Gasteiger partial charge in [-0.05, 0) is 24.3 Å². The van der Waals surface area contributed by atoms with E-state index in [4.69, 9.17) is 10.9 Å². The normalized spacial score (nSPS) is 11.2. The fourth-order valence-corrected chi connectivity index (χ4v) is 1.48. The lowest BCUT2D eigenvalue weighted by molar-refractivity contribution is -0.141. The van der Waals surface area contributed by atoms with E-state index >= 15 is 0 Å². The minimum Gasteiger partial charge on any atom is -0.395 e. The van der Waals surface area contributed by atoms with Gasteiger partial charge in [-0.3, -0.25) is 10.6 Å². The quantitative estimate of drug-likeness (QED) is 0.553. The minimum atomic E-state index is -4.51. The van der Waals surface area contributed by atoms with Crippen LogP contribution in [0.5, 0.6) is 0 Å². The summed E-state index contributed by atoms with van der Waals surface area (Å²) >= 11 is 0. The van der Waals surface area contributed by atoms with E-state index in [0.717, 1.165) is 0 Å². The van der Waals surface area contributed by atoms with Crippen LogP contribution in [0.15, 0.2) is 24.3 Å². The number of carbonyl (C=O) groups is 1. The maximum atomic E-state index is 12.3. The average Bonchev–Trinajstić information content (AvgIpc) is 2.36. The van der Waals surface area contributed by atoms with E-state index in [9.17, 15) is 18.0 Å². The second kappa shape index (κ2) is 6.39. The van der Waals surface area contributed by atoms with E-state index in [0.29, 0.717) is 10.6 Å². The van der Waals surface area contributed by atoms with Crippen LogP contribution in [-0.4, -0.2) is 41.8 Å². The van der Waals surface area contributed by atoms with Crippen LogP contribution in [0.3, 0.4) is 0 Å². The first-order valence-corrected chi connectivity index (χ1v) is 5.41. The minimum absolute atomic E-state index is 0.0942. The average molecular weight is 277 g/mol. The first-order chi connectivity index (χ1) is 8.87. The zero-order chi connectivity index (χ0) is 14.5. The molecule has 0 unspecified atom stereocenters. The second-order valence-corrected chi connectivity index (χ2v) is 3.79. The Bertz CT molecular complexity index is 420. The summed E-state index contributed by atoms with van der Waals surface area (Å²) in [7, 11) is 0. The Balaban J connectivity index is 2.85. The van der Waals surface area contributed by atoms with Gasteiger partial charge in [0.25, 0.3) is 5.91 Å². The molecule has 8 heteroatoms. The van der Waals surface area contributed by atoms with Gasteiger partial charge < -0.3 is 15.4 Å². The number of anilines is 1. The standard InChI is InChI=1S/C11H14F3N3O2/c12-11(13,14)7-17(5-6-18)10(19)8-1-3-9(16-15)4-2-8/h1-4,16,18H,5-7,15H2. The second-order valence-electron chi connectivity index (χ2n) is 3.79. The molecule has 0 aliphatic carbocycles. The summed E-state index contributed by atoms with van der Waals surface area (Å²) in [6, 6.07) is 5.66. The van der Waals surface area contributed by atoms with Crippen molar-refractivity contribution in [1.29, 1.82) is 0 Å². The smallest absolute Gasteiger partial charge is 0.395 e. The van der Waals surface area contributed by atoms with Crippen LogP contribution in [0.25, 0.3) is 0 Å². The van der Waals surface area contributed by atoms with Gasteiger partial charge in [0.05, 0.1) is 6.61 Å². The summed E-state index contributed by atoms with van der Waals surface area (Å²) < 4.78 is 37.0. The molecule has 1 amide bonds. The van der Waals surface area contributed by atoms with Gasteiger partial charge in [0.15, 0.2) is 0 Å². The number of aliphatic hydroxyl groups excluding tert-OH is 1. The van der Waals surface area contributed by atoms with Crippen LogP contribution >= 0.6 is 0 Å². The van der Waals surface area contributed by atoms with Crippen LogP contribution in [0, 0.1) is 0 Å². The Morgan fingerprint density at radius 2 is 1.89 bits per heavy atom. The molecule has 0 radical (unpaired) electrons. The molecule has 0 aliphatic rings. The predicted octanol–water partition coefficient (Wildman–Crippen LogP) is 0.969. The number of nitrogens with one attached hydrogen (secondary N) is 1. The van der Waals surface area contributed by atoms with Crippen LogP contribution in [0.1, 0.15) is 10.4 Å². The molecule has 0 saturated carbocycles. The number of nitrogens with zero attached hydrogens (tertiary/aromatic N) is 1. The molecule has 1 aromatic rings. The van der Waals surface area contributed by atoms with E-state index in [-0.39, 0.29) is 12.1 Å². The molecule has 0 atom stereocenters. The van der Waals surface area contributed by atoms with Crippen molar-refractivity contribution in [2.45, 2.75) is 6.18 Å². The van der Waals surface area contributed by atoms with Crippen molar-refractivity contribution in [3.63, 3.8) is 0 Å². The number of hydrogen-bond acceptors (Lipinski definition) is 4. The number of alkyl halides is 3. The third kappa shape index (κ3) is 4.76. The van der Waals surface area contributed by atoms with Gasteiger partial charge in [0, 0.05) is 17.8 Å². The number of benzene rings is 1. The summed E-state index contributed by atoms with van der Waals surface area (Å²) in [4.78, 5) is 12.4. The summed E-state index contributed by atoms with van der Waals surface area (Å²) in [5, 5.41) is 8.72. The molecule has 19 heavy (non-hydrogen) atoms. The zero-order valence-corrected chi connectivity index (χ0v) is 9.94. The molecule has 0 aliphatic heterocycles. The van der Waals surface area contributed by atoms with Crippen LogP contribution < -0.4 is 11.3 Å². The van der Waals surface area contributed by atoms with Gasteiger partial charge in [0.1, 0.15) is 6.54 Å². The number of nitrogen functional groups attached to an aromatic ring is 1. The van der Waals surface area contributed by atoms with Crippen LogP contribution in [-0.2, 0) is 0 Å². The Hall–Kier alpha value is -1.80. The molecule has 5 nitrogen and oxygen atoms in total. The molecule has 0 heterocycles. The molecule has 0 spiro atoms. The summed E-state index contributed by atoms with van der Waals surface area (Å²) in [5.74, 6) is 4.34. The van der Waals surface area contributed by atoms with Gasteiger partial charge in [-0.15, -0.1) is 0 Å². The molecule has 1 rings (SSSR count). The highest BCUT2D eigenvalue weighted by Gasteiger charge is 2.33. The SMILES string of the molecule is NNc1ccc(C(=O)N(CCO)CC(F)(F)F)cc1. The lowest BCUT2D eigenvalue weighted by Gasteiger charge is -2.23. The number of amides is 1. The molecule has 0 bridgehead atoms. The topological polar surface area (TPSA) is 78.6 Å². The predicted molar refractivity (Wildman–Crippen MR) is 63.3 cm³/mol. The van der Waals surface area contributed by atoms with Crippen molar-refractivity contribution in [2.24, 2.45) is 5.84 Å². The number of rotatable bonds is 5. The van der Waals surface area contributed by atoms with E-state index < -0.39 is 25.2 Å². The van der Waals surface area contributed by atoms with Crippen LogP contribution in [0.2, 0.25) is 0 Å². The largest absolute Gasteiger partial charge is 0.406 e. The maximum Gasteiger partial charge on any atom is 0.406 e. The highest BCUT2D eigenvalue weighted by molar-refractivity contribution is 5.94. The van der Waals surface area contributed by atoms with Gasteiger partial charge in [0.2, 0.25) is 0 Å². The first-order valence-electron chi connectivity index (χ1n) is 5.41. The van der Waals surface area contributed by atoms with Gasteiger partial charge in [-0.25, -0.2) is 0 Å². The summed E-state index contributed by atoms with van der Waals surface area (Å²) in [6.45, 7) is -2.32. The molecular formula is C11H14F3N3O2. The monoisotopic (exact) mass is 277 g/mol. The fourth-order valence-electron chi connectivity index (χ4n) is 1.48. The number of aliphatic hydroxyl groups is 1. The summed E-state index contributed by atoms with van der Waals surface area (Å²) in [6.07, 6.45) is -4.51. The van der Waals surface area contributed by atoms with E-state index in [2.05, 4.69) is 5.43 Å². The maximum absolute atomic E-state index is 12.3. The Labute approximate surface area is 107 Å². The van der Waals surface area contributed by atoms with Crippen LogP contribution in [0.4, 0.5) is 18.9 Å². The lowest BCUT2D eigenvalue weighted by Crippen LogP contribution is -2.40. The number of hydrogen-bond donors (Lipinski definition) is 3. The third-order valence-electron chi connectivity index (χ3n) is 2.33. The van der Waals surface area contributed by atoms with Gasteiger partial charge in [-0.2, -0.15) is 13.2 Å². The number of carbonyl (C=O) groups excluding carboxylic acids is 1. The number of hydrazine groups is 1. The summed E-state index contributed by atoms with van der Waals surface area (Å²) in [5.41, 5.74) is 2.96. The van der Waals surface area contributed by atoms with Crippen molar-refractivity contribution in [3.8, 4) is 0 Å². The molecule has 0 aromatic heterocycles. The van der Waals surface area contributed by atoms with Crippen molar-refractivity contribution in [3.05, 3.63) is 29.8 Å². The Kier molecular flexibility index (Phi) is 5.13. The van der Waals surface area contributed by atoms with E-state index in [1.807, 2.05) is 0 Å². The number of nitrogens with two attached hydrogens (primary N) is 1. The lowest BCUT2D eigenvalue weighted by atomic mass is 10.2. The highest BCUT2D eigenvalue weighted by Crippen LogP contribution is 2.18. The van der Waals surface area contributed by atoms with Crippen molar-refractivity contribution in [2.75, 3.05) is 25.1 Å². The van der Waals surface area contributed by atoms with E-state index in [1.165, 1.54) is 24.3 Å². The van der Waals surface area contributed by atoms with Gasteiger partial charge in [-0.1, -0.05) is 0 Å².